The van der Waals surface area contributed by atoms with Gasteiger partial charge < -0.3 is 19.7 Å². The molecule has 0 aromatic carbocycles. The van der Waals surface area contributed by atoms with E-state index < -0.39 is 29.3 Å². The number of allylic oxidation sites excluding steroid dienone is 2. The van der Waals surface area contributed by atoms with Crippen LogP contribution in [0.15, 0.2) is 29.3 Å². The summed E-state index contributed by atoms with van der Waals surface area (Å²) in [4.78, 5) is 18.3. The van der Waals surface area contributed by atoms with Crippen LogP contribution in [0.25, 0.3) is 0 Å². The SMILES string of the molecule is C=CC1=C[C@@H]2[C@@H]3OC[C@]4(CC[C@H](O4)[C@@H](C)C[C@@H](O)C3=O)C[C@H](O)C3=NCC[C@@]32CC1. The highest BCUT2D eigenvalue weighted by Crippen LogP contribution is 2.53. The minimum absolute atomic E-state index is 0.0328. The Bertz CT molecular complexity index is 805. The zero-order valence-corrected chi connectivity index (χ0v) is 17.8. The quantitative estimate of drug-likeness (QED) is 0.687. The van der Waals surface area contributed by atoms with Gasteiger partial charge in [-0.2, -0.15) is 0 Å². The number of ketones is 1. The topological polar surface area (TPSA) is 88.3 Å². The van der Waals surface area contributed by atoms with Crippen LogP contribution in [-0.4, -0.2) is 64.9 Å². The number of carbonyl (C=O) groups excluding carboxylic acids is 1. The van der Waals surface area contributed by atoms with Gasteiger partial charge >= 0.3 is 0 Å². The number of Topliss-reactive ketones (excluding diaryl/α,β-unsaturated/α-hetero) is 1. The predicted molar refractivity (Wildman–Crippen MR) is 112 cm³/mol. The lowest BCUT2D eigenvalue weighted by atomic mass is 9.60. The molecule has 4 aliphatic heterocycles. The summed E-state index contributed by atoms with van der Waals surface area (Å²) in [6, 6.07) is 0. The van der Waals surface area contributed by atoms with Crippen molar-refractivity contribution in [3.05, 3.63) is 24.3 Å². The minimum atomic E-state index is -1.08. The molecule has 0 unspecified atom stereocenters. The van der Waals surface area contributed by atoms with Crippen molar-refractivity contribution in [2.24, 2.45) is 22.2 Å². The van der Waals surface area contributed by atoms with Crippen molar-refractivity contribution >= 4 is 11.5 Å². The average Bonchev–Trinajstić information content (AvgIpc) is 3.34. The van der Waals surface area contributed by atoms with E-state index in [4.69, 9.17) is 14.5 Å². The molecule has 0 aromatic heterocycles. The van der Waals surface area contributed by atoms with Crippen LogP contribution in [0.5, 0.6) is 0 Å². The molecule has 4 heterocycles. The second kappa shape index (κ2) is 7.37. The molecular formula is C24H33NO5. The highest BCUT2D eigenvalue weighted by molar-refractivity contribution is 5.98. The number of hydrogen-bond acceptors (Lipinski definition) is 6. The molecule has 0 saturated carbocycles. The smallest absolute Gasteiger partial charge is 0.190 e. The Kier molecular flexibility index (Phi) is 5.05. The van der Waals surface area contributed by atoms with Gasteiger partial charge in [-0.15, -0.1) is 0 Å². The molecule has 30 heavy (non-hydrogen) atoms. The molecule has 6 nitrogen and oxygen atoms in total. The number of rotatable bonds is 1. The zero-order chi connectivity index (χ0) is 21.1. The second-order valence-electron chi connectivity index (χ2n) is 10.1. The Labute approximate surface area is 178 Å². The van der Waals surface area contributed by atoms with Crippen molar-refractivity contribution in [1.82, 2.24) is 0 Å². The summed E-state index contributed by atoms with van der Waals surface area (Å²) in [5.41, 5.74) is 0.885. The van der Waals surface area contributed by atoms with Crippen molar-refractivity contribution in [1.29, 1.82) is 0 Å². The monoisotopic (exact) mass is 415 g/mol. The minimum Gasteiger partial charge on any atom is -0.387 e. The van der Waals surface area contributed by atoms with E-state index in [9.17, 15) is 15.0 Å². The van der Waals surface area contributed by atoms with Crippen molar-refractivity contribution in [2.75, 3.05) is 13.2 Å². The van der Waals surface area contributed by atoms with Crippen molar-refractivity contribution in [3.63, 3.8) is 0 Å². The Morgan fingerprint density at radius 2 is 2.10 bits per heavy atom. The first kappa shape index (κ1) is 20.6. The molecule has 2 N–H and O–H groups in total. The van der Waals surface area contributed by atoms with Gasteiger partial charge in [0.2, 0.25) is 0 Å². The number of nitrogens with zero attached hydrogens (tertiary/aromatic N) is 1. The molecule has 5 rings (SSSR count). The van der Waals surface area contributed by atoms with E-state index in [1.807, 2.05) is 13.0 Å². The summed E-state index contributed by atoms with van der Waals surface area (Å²) in [6.45, 7) is 6.88. The molecule has 3 saturated heterocycles. The van der Waals surface area contributed by atoms with Crippen LogP contribution in [0.4, 0.5) is 0 Å². The Hall–Kier alpha value is -1.34. The normalized spacial score (nSPS) is 48.6. The fraction of sp³-hybridized carbons (Fsp3) is 0.750. The molecule has 0 aromatic rings. The van der Waals surface area contributed by atoms with E-state index in [-0.39, 0.29) is 30.3 Å². The summed E-state index contributed by atoms with van der Waals surface area (Å²) >= 11 is 0. The van der Waals surface area contributed by atoms with Crippen molar-refractivity contribution in [3.8, 4) is 0 Å². The molecule has 8 atom stereocenters. The van der Waals surface area contributed by atoms with E-state index >= 15 is 0 Å². The van der Waals surface area contributed by atoms with E-state index in [1.165, 1.54) is 0 Å². The van der Waals surface area contributed by atoms with Gasteiger partial charge in [0, 0.05) is 30.0 Å². The molecule has 164 valence electrons. The Morgan fingerprint density at radius 1 is 1.27 bits per heavy atom. The van der Waals surface area contributed by atoms with Crippen LogP contribution >= 0.6 is 0 Å². The summed E-state index contributed by atoms with van der Waals surface area (Å²) in [6.07, 6.45) is 6.27. The van der Waals surface area contributed by atoms with E-state index in [0.29, 0.717) is 19.4 Å². The van der Waals surface area contributed by atoms with Crippen LogP contribution in [0.1, 0.15) is 51.9 Å². The van der Waals surface area contributed by atoms with Crippen LogP contribution in [0.3, 0.4) is 0 Å². The molecule has 1 aliphatic carbocycles. The lowest BCUT2D eigenvalue weighted by molar-refractivity contribution is -0.166. The molecule has 2 spiro atoms. The van der Waals surface area contributed by atoms with E-state index in [1.54, 1.807) is 0 Å². The van der Waals surface area contributed by atoms with Crippen LogP contribution < -0.4 is 0 Å². The summed E-state index contributed by atoms with van der Waals surface area (Å²) in [5.74, 6) is -0.440. The number of hydrogen-bond donors (Lipinski definition) is 2. The van der Waals surface area contributed by atoms with Gasteiger partial charge in [-0.1, -0.05) is 31.2 Å². The predicted octanol–water partition coefficient (Wildman–Crippen LogP) is 2.38. The lowest BCUT2D eigenvalue weighted by Crippen LogP contribution is -2.51. The first-order valence-electron chi connectivity index (χ1n) is 11.4. The van der Waals surface area contributed by atoms with Gasteiger partial charge in [-0.25, -0.2) is 0 Å². The average molecular weight is 416 g/mol. The van der Waals surface area contributed by atoms with Crippen molar-refractivity contribution in [2.45, 2.75) is 81.9 Å². The van der Waals surface area contributed by atoms with Gasteiger partial charge in [0.05, 0.1) is 24.4 Å². The number of ether oxygens (including phenoxy) is 2. The van der Waals surface area contributed by atoms with Gasteiger partial charge in [-0.05, 0) is 44.4 Å². The molecule has 3 bridgehead atoms. The molecule has 0 amide bonds. The third-order valence-corrected chi connectivity index (χ3v) is 8.36. The lowest BCUT2D eigenvalue weighted by Gasteiger charge is -2.44. The van der Waals surface area contributed by atoms with Gasteiger partial charge in [-0.3, -0.25) is 9.79 Å². The maximum absolute atomic E-state index is 13.5. The first-order valence-corrected chi connectivity index (χ1v) is 11.4. The summed E-state index contributed by atoms with van der Waals surface area (Å²) < 4.78 is 12.9. The molecule has 5 aliphatic rings. The van der Waals surface area contributed by atoms with Gasteiger partial charge in [0.1, 0.15) is 12.2 Å². The Balaban J connectivity index is 1.66. The van der Waals surface area contributed by atoms with E-state index in [0.717, 1.165) is 43.4 Å². The van der Waals surface area contributed by atoms with E-state index in [2.05, 4.69) is 12.7 Å². The van der Waals surface area contributed by atoms with Crippen LogP contribution in [-0.2, 0) is 14.3 Å². The standard InChI is InChI=1S/C24H33NO5/c1-3-15-4-7-24-8-9-25-22(24)18(27)12-23-6-5-19(30-23)14(2)10-17(26)20(28)21(29-13-23)16(24)11-15/h3,11,14,16-19,21,26-27H,1,4-10,12-13H2,2H3/t14-,16+,17+,18-,19-,21-,23-,24+/m0/s1. The molecular weight excluding hydrogens is 382 g/mol. The maximum atomic E-state index is 13.5. The largest absolute Gasteiger partial charge is 0.387 e. The zero-order valence-electron chi connectivity index (χ0n) is 17.8. The van der Waals surface area contributed by atoms with Crippen LogP contribution in [0, 0.1) is 17.3 Å². The Morgan fingerprint density at radius 3 is 2.90 bits per heavy atom. The van der Waals surface area contributed by atoms with Crippen LogP contribution in [0.2, 0.25) is 0 Å². The van der Waals surface area contributed by atoms with Gasteiger partial charge in [0.25, 0.3) is 0 Å². The first-order chi connectivity index (χ1) is 14.4. The number of aliphatic hydroxyl groups excluding tert-OH is 2. The summed E-state index contributed by atoms with van der Waals surface area (Å²) in [7, 11) is 0. The highest BCUT2D eigenvalue weighted by atomic mass is 16.6. The number of aliphatic imine (C=N–C) groups is 1. The number of fused-ring (bicyclic) bond motifs is 4. The molecule has 0 radical (unpaired) electrons. The highest BCUT2D eigenvalue weighted by Gasteiger charge is 2.57. The van der Waals surface area contributed by atoms with Gasteiger partial charge in [0.15, 0.2) is 5.78 Å². The molecule has 6 heteroatoms. The fourth-order valence-electron chi connectivity index (χ4n) is 6.67. The fourth-order valence-corrected chi connectivity index (χ4v) is 6.67. The number of carbonyl (C=O) groups is 1. The second-order valence-corrected chi connectivity index (χ2v) is 10.1. The van der Waals surface area contributed by atoms with Crippen molar-refractivity contribution < 1.29 is 24.5 Å². The summed E-state index contributed by atoms with van der Waals surface area (Å²) in [5, 5.41) is 22.2. The number of aliphatic hydroxyl groups is 2. The third-order valence-electron chi connectivity index (χ3n) is 8.36. The third kappa shape index (κ3) is 3.07. The molecule has 3 fully saturated rings. The maximum Gasteiger partial charge on any atom is 0.190 e.